The molecule has 0 radical (unpaired) electrons. The van der Waals surface area contributed by atoms with Gasteiger partial charge in [0.1, 0.15) is 5.75 Å². The zero-order chi connectivity index (χ0) is 15.9. The molecule has 0 aliphatic carbocycles. The van der Waals surface area contributed by atoms with E-state index in [2.05, 4.69) is 10.1 Å². The number of amides is 2. The van der Waals surface area contributed by atoms with Crippen molar-refractivity contribution in [2.45, 2.75) is 12.6 Å². The number of carbonyl (C=O) groups is 2. The summed E-state index contributed by atoms with van der Waals surface area (Å²) in [5.41, 5.74) is 5.17. The highest BCUT2D eigenvalue weighted by Crippen LogP contribution is 2.17. The van der Waals surface area contributed by atoms with Gasteiger partial charge in [0.2, 0.25) is 5.91 Å². The van der Waals surface area contributed by atoms with Crippen LogP contribution in [0.5, 0.6) is 5.75 Å². The summed E-state index contributed by atoms with van der Waals surface area (Å²) in [6.45, 7) is -1.55. The lowest BCUT2D eigenvalue weighted by Gasteiger charge is -2.10. The van der Waals surface area contributed by atoms with Gasteiger partial charge in [-0.15, -0.1) is 0 Å². The number of nitrogens with one attached hydrogen (secondary N) is 1. The SMILES string of the molecule is NC(=O)CCOc1ccc(NC(=O)OCC(F)(F)F)cc1. The molecule has 0 atom stereocenters. The topological polar surface area (TPSA) is 90.7 Å². The average molecular weight is 306 g/mol. The normalized spacial score (nSPS) is 10.8. The predicted molar refractivity (Wildman–Crippen MR) is 66.8 cm³/mol. The molecule has 9 heteroatoms. The third kappa shape index (κ3) is 7.65. The molecule has 1 rings (SSSR count). The Morgan fingerprint density at radius 1 is 1.19 bits per heavy atom. The van der Waals surface area contributed by atoms with Crippen molar-refractivity contribution in [2.75, 3.05) is 18.5 Å². The minimum absolute atomic E-state index is 0.0593. The highest BCUT2D eigenvalue weighted by Gasteiger charge is 2.29. The van der Waals surface area contributed by atoms with E-state index in [9.17, 15) is 22.8 Å². The van der Waals surface area contributed by atoms with Gasteiger partial charge in [-0.3, -0.25) is 10.1 Å². The van der Waals surface area contributed by atoms with E-state index in [1.807, 2.05) is 0 Å². The molecular formula is C12H13F3N2O4. The summed E-state index contributed by atoms with van der Waals surface area (Å²) in [7, 11) is 0. The number of benzene rings is 1. The number of rotatable bonds is 6. The van der Waals surface area contributed by atoms with Crippen LogP contribution in [-0.4, -0.2) is 31.4 Å². The molecule has 3 N–H and O–H groups in total. The molecule has 0 saturated carbocycles. The van der Waals surface area contributed by atoms with Crippen molar-refractivity contribution < 1.29 is 32.2 Å². The molecular weight excluding hydrogens is 293 g/mol. The number of halogens is 3. The van der Waals surface area contributed by atoms with Crippen LogP contribution >= 0.6 is 0 Å². The Morgan fingerprint density at radius 2 is 1.81 bits per heavy atom. The molecule has 1 aromatic carbocycles. The second-order valence-corrected chi connectivity index (χ2v) is 3.91. The molecule has 0 heterocycles. The Labute approximate surface area is 118 Å². The Bertz CT molecular complexity index is 488. The first kappa shape index (κ1) is 16.6. The smallest absolute Gasteiger partial charge is 0.422 e. The molecule has 0 unspecified atom stereocenters. The van der Waals surface area contributed by atoms with Crippen LogP contribution in [0, 0.1) is 0 Å². The maximum Gasteiger partial charge on any atom is 0.422 e. The number of nitrogens with two attached hydrogens (primary N) is 1. The van der Waals surface area contributed by atoms with E-state index in [1.165, 1.54) is 24.3 Å². The zero-order valence-electron chi connectivity index (χ0n) is 10.8. The van der Waals surface area contributed by atoms with Gasteiger partial charge in [0, 0.05) is 5.69 Å². The van der Waals surface area contributed by atoms with E-state index in [0.717, 1.165) is 0 Å². The van der Waals surface area contributed by atoms with Gasteiger partial charge < -0.3 is 15.2 Å². The van der Waals surface area contributed by atoms with Crippen molar-refractivity contribution in [1.29, 1.82) is 0 Å². The molecule has 0 saturated heterocycles. The lowest BCUT2D eigenvalue weighted by atomic mass is 10.3. The van der Waals surface area contributed by atoms with Gasteiger partial charge >= 0.3 is 12.3 Å². The molecule has 21 heavy (non-hydrogen) atoms. The van der Waals surface area contributed by atoms with E-state index >= 15 is 0 Å². The fourth-order valence-corrected chi connectivity index (χ4v) is 1.21. The zero-order valence-corrected chi connectivity index (χ0v) is 10.8. The minimum atomic E-state index is -4.57. The predicted octanol–water partition coefficient (Wildman–Crippen LogP) is 2.05. The van der Waals surface area contributed by atoms with E-state index in [0.29, 0.717) is 5.75 Å². The second-order valence-electron chi connectivity index (χ2n) is 3.91. The molecule has 6 nitrogen and oxygen atoms in total. The van der Waals surface area contributed by atoms with Crippen LogP contribution < -0.4 is 15.8 Å². The first-order valence-electron chi connectivity index (χ1n) is 5.78. The summed E-state index contributed by atoms with van der Waals surface area (Å²) in [6, 6.07) is 5.77. The summed E-state index contributed by atoms with van der Waals surface area (Å²) in [5, 5.41) is 2.13. The number of carbonyl (C=O) groups excluding carboxylic acids is 2. The monoisotopic (exact) mass is 306 g/mol. The Kier molecular flexibility index (Phi) is 5.82. The highest BCUT2D eigenvalue weighted by molar-refractivity contribution is 5.84. The van der Waals surface area contributed by atoms with Crippen LogP contribution in [0.25, 0.3) is 0 Å². The summed E-state index contributed by atoms with van der Waals surface area (Å²) in [4.78, 5) is 21.6. The third-order valence-corrected chi connectivity index (χ3v) is 2.08. The molecule has 0 spiro atoms. The number of hydrogen-bond donors (Lipinski definition) is 2. The van der Waals surface area contributed by atoms with E-state index in [1.54, 1.807) is 0 Å². The molecule has 1 aromatic rings. The number of primary amides is 1. The first-order valence-corrected chi connectivity index (χ1v) is 5.78. The number of hydrogen-bond acceptors (Lipinski definition) is 4. The molecule has 0 aliphatic heterocycles. The van der Waals surface area contributed by atoms with Gasteiger partial charge in [-0.05, 0) is 24.3 Å². The standard InChI is InChI=1S/C12H13F3N2O4/c13-12(14,15)7-21-11(19)17-8-1-3-9(4-2-8)20-6-5-10(16)18/h1-4H,5-7H2,(H2,16,18)(H,17,19). The largest absolute Gasteiger partial charge is 0.493 e. The van der Waals surface area contributed by atoms with Crippen LogP contribution in [0.1, 0.15) is 6.42 Å². The van der Waals surface area contributed by atoms with Gasteiger partial charge in [0.15, 0.2) is 6.61 Å². The lowest BCUT2D eigenvalue weighted by Crippen LogP contribution is -2.23. The van der Waals surface area contributed by atoms with Crippen molar-refractivity contribution in [1.82, 2.24) is 0 Å². The lowest BCUT2D eigenvalue weighted by molar-refractivity contribution is -0.159. The van der Waals surface area contributed by atoms with Crippen molar-refractivity contribution >= 4 is 17.7 Å². The molecule has 116 valence electrons. The second kappa shape index (κ2) is 7.36. The van der Waals surface area contributed by atoms with Crippen molar-refractivity contribution in [2.24, 2.45) is 5.73 Å². The summed E-state index contributed by atoms with van der Waals surface area (Å²) in [6.07, 6.45) is -5.73. The molecule has 0 aliphatic rings. The first-order chi connectivity index (χ1) is 9.76. The van der Waals surface area contributed by atoms with Crippen LogP contribution in [0.4, 0.5) is 23.7 Å². The van der Waals surface area contributed by atoms with E-state index in [-0.39, 0.29) is 18.7 Å². The van der Waals surface area contributed by atoms with Gasteiger partial charge in [-0.1, -0.05) is 0 Å². The average Bonchev–Trinajstić information content (AvgIpc) is 2.37. The van der Waals surface area contributed by atoms with Gasteiger partial charge in [0.05, 0.1) is 13.0 Å². The van der Waals surface area contributed by atoms with Gasteiger partial charge in [0.25, 0.3) is 0 Å². The van der Waals surface area contributed by atoms with Gasteiger partial charge in [-0.25, -0.2) is 4.79 Å². The highest BCUT2D eigenvalue weighted by atomic mass is 19.4. The van der Waals surface area contributed by atoms with Crippen LogP contribution in [0.3, 0.4) is 0 Å². The molecule has 0 bridgehead atoms. The molecule has 2 amide bonds. The van der Waals surface area contributed by atoms with Crippen molar-refractivity contribution in [3.05, 3.63) is 24.3 Å². The summed E-state index contributed by atoms with van der Waals surface area (Å²) >= 11 is 0. The fourth-order valence-electron chi connectivity index (χ4n) is 1.21. The summed E-state index contributed by atoms with van der Waals surface area (Å²) in [5.74, 6) is -0.0776. The number of alkyl halides is 3. The molecule has 0 fully saturated rings. The van der Waals surface area contributed by atoms with Crippen LogP contribution in [-0.2, 0) is 9.53 Å². The van der Waals surface area contributed by atoms with Crippen molar-refractivity contribution in [3.63, 3.8) is 0 Å². The van der Waals surface area contributed by atoms with E-state index < -0.39 is 24.8 Å². The third-order valence-electron chi connectivity index (χ3n) is 2.08. The molecule has 0 aromatic heterocycles. The maximum atomic E-state index is 11.8. The Hall–Kier alpha value is -2.45. The summed E-state index contributed by atoms with van der Waals surface area (Å²) < 4.78 is 44.6. The maximum absolute atomic E-state index is 11.8. The van der Waals surface area contributed by atoms with Crippen molar-refractivity contribution in [3.8, 4) is 5.75 Å². The Morgan fingerprint density at radius 3 is 2.33 bits per heavy atom. The van der Waals surface area contributed by atoms with Crippen LogP contribution in [0.2, 0.25) is 0 Å². The van der Waals surface area contributed by atoms with Crippen LogP contribution in [0.15, 0.2) is 24.3 Å². The number of anilines is 1. The number of ether oxygens (including phenoxy) is 2. The minimum Gasteiger partial charge on any atom is -0.493 e. The quantitative estimate of drug-likeness (QED) is 0.841. The van der Waals surface area contributed by atoms with E-state index in [4.69, 9.17) is 10.5 Å². The fraction of sp³-hybridized carbons (Fsp3) is 0.333. The van der Waals surface area contributed by atoms with Gasteiger partial charge in [-0.2, -0.15) is 13.2 Å². The Balaban J connectivity index is 2.40.